The van der Waals surface area contributed by atoms with Crippen molar-refractivity contribution in [1.29, 1.82) is 0 Å². The second-order valence-corrected chi connectivity index (χ2v) is 4.16. The van der Waals surface area contributed by atoms with Crippen LogP contribution in [0.25, 0.3) is 0 Å². The summed E-state index contributed by atoms with van der Waals surface area (Å²) >= 11 is 0. The summed E-state index contributed by atoms with van der Waals surface area (Å²) in [5.41, 5.74) is 5.93. The Hall–Kier alpha value is -2.67. The third-order valence-corrected chi connectivity index (χ3v) is 2.82. The molecule has 0 bridgehead atoms. The number of hydrogen-bond donors (Lipinski definition) is 1. The molecule has 0 spiro atoms. The van der Waals surface area contributed by atoms with Crippen LogP contribution in [-0.4, -0.2) is 12.0 Å². The number of nitrogens with two attached hydrogens (primary N) is 1. The van der Waals surface area contributed by atoms with Gasteiger partial charge in [-0.05, 0) is 17.7 Å². The Morgan fingerprint density at radius 1 is 1.24 bits per heavy atom. The quantitative estimate of drug-likeness (QED) is 0.676. The van der Waals surface area contributed by atoms with Crippen LogP contribution in [0.3, 0.4) is 0 Å². The number of methoxy groups -OCH3 is 1. The van der Waals surface area contributed by atoms with Crippen molar-refractivity contribution >= 4 is 5.69 Å². The van der Waals surface area contributed by atoms with Crippen molar-refractivity contribution in [2.24, 2.45) is 5.73 Å². The lowest BCUT2D eigenvalue weighted by atomic mass is 10.2. The van der Waals surface area contributed by atoms with Crippen LogP contribution >= 0.6 is 0 Å². The van der Waals surface area contributed by atoms with Crippen molar-refractivity contribution in [2.75, 3.05) is 7.11 Å². The minimum Gasteiger partial charge on any atom is -0.490 e. The van der Waals surface area contributed by atoms with Gasteiger partial charge in [-0.2, -0.15) is 0 Å². The Morgan fingerprint density at radius 3 is 2.43 bits per heavy atom. The van der Waals surface area contributed by atoms with Crippen LogP contribution in [0.4, 0.5) is 10.1 Å². The van der Waals surface area contributed by atoms with E-state index in [-0.39, 0.29) is 11.5 Å². The first kappa shape index (κ1) is 14.7. The molecule has 0 saturated heterocycles. The topological polar surface area (TPSA) is 87.6 Å². The molecule has 0 saturated carbocycles. The molecule has 6 nitrogen and oxygen atoms in total. The molecule has 0 amide bonds. The molecule has 7 heteroatoms. The van der Waals surface area contributed by atoms with E-state index in [9.17, 15) is 14.5 Å². The lowest BCUT2D eigenvalue weighted by Crippen LogP contribution is -1.98. The Balaban J connectivity index is 2.32. The van der Waals surface area contributed by atoms with E-state index in [2.05, 4.69) is 0 Å². The van der Waals surface area contributed by atoms with Gasteiger partial charge >= 0.3 is 5.69 Å². The number of benzene rings is 2. The van der Waals surface area contributed by atoms with Crippen LogP contribution in [0.5, 0.6) is 17.2 Å². The first-order valence-electron chi connectivity index (χ1n) is 6.04. The molecular formula is C14H13FN2O4. The summed E-state index contributed by atoms with van der Waals surface area (Å²) in [4.78, 5) is 10.1. The molecule has 0 aliphatic heterocycles. The highest BCUT2D eigenvalue weighted by Gasteiger charge is 2.20. The maximum atomic E-state index is 13.9. The van der Waals surface area contributed by atoms with Crippen LogP contribution in [0.2, 0.25) is 0 Å². The molecule has 0 heterocycles. The maximum Gasteiger partial charge on any atom is 0.314 e. The number of nitrogens with zero attached hydrogens (tertiary/aromatic N) is 1. The van der Waals surface area contributed by atoms with Crippen LogP contribution < -0.4 is 15.2 Å². The van der Waals surface area contributed by atoms with Crippen LogP contribution in [0.1, 0.15) is 5.56 Å². The molecule has 0 fully saturated rings. The van der Waals surface area contributed by atoms with E-state index in [1.54, 1.807) is 24.3 Å². The lowest BCUT2D eigenvalue weighted by Gasteiger charge is -2.09. The lowest BCUT2D eigenvalue weighted by molar-refractivity contribution is -0.386. The van der Waals surface area contributed by atoms with E-state index in [1.165, 1.54) is 7.11 Å². The Morgan fingerprint density at radius 2 is 1.90 bits per heavy atom. The predicted molar refractivity (Wildman–Crippen MR) is 74.0 cm³/mol. The first-order valence-corrected chi connectivity index (χ1v) is 6.04. The fourth-order valence-corrected chi connectivity index (χ4v) is 1.73. The second kappa shape index (κ2) is 6.19. The molecule has 21 heavy (non-hydrogen) atoms. The van der Waals surface area contributed by atoms with Crippen molar-refractivity contribution in [3.8, 4) is 17.2 Å². The van der Waals surface area contributed by atoms with E-state index in [4.69, 9.17) is 15.2 Å². The zero-order valence-electron chi connectivity index (χ0n) is 11.2. The Labute approximate surface area is 120 Å². The van der Waals surface area contributed by atoms with Gasteiger partial charge in [0.2, 0.25) is 5.75 Å². The molecular weight excluding hydrogens is 279 g/mol. The van der Waals surface area contributed by atoms with Gasteiger partial charge in [0, 0.05) is 12.6 Å². The third-order valence-electron chi connectivity index (χ3n) is 2.82. The molecule has 0 aromatic heterocycles. The normalized spacial score (nSPS) is 10.2. The van der Waals surface area contributed by atoms with Crippen molar-refractivity contribution in [2.45, 2.75) is 6.54 Å². The molecule has 110 valence electrons. The van der Waals surface area contributed by atoms with Gasteiger partial charge < -0.3 is 15.2 Å². The van der Waals surface area contributed by atoms with Gasteiger partial charge in [0.1, 0.15) is 5.75 Å². The van der Waals surface area contributed by atoms with Crippen LogP contribution in [0, 0.1) is 15.9 Å². The standard InChI is InChI=1S/C14H13FN2O4/c1-20-14-7-13(11(15)6-12(14)17(18)19)21-10-4-2-9(8-16)3-5-10/h2-7H,8,16H2,1H3. The van der Waals surface area contributed by atoms with Crippen molar-refractivity contribution in [3.05, 3.63) is 57.9 Å². The number of nitro benzene ring substituents is 1. The summed E-state index contributed by atoms with van der Waals surface area (Å²) in [6.07, 6.45) is 0. The van der Waals surface area contributed by atoms with E-state index in [0.717, 1.165) is 17.7 Å². The number of ether oxygens (including phenoxy) is 2. The summed E-state index contributed by atoms with van der Waals surface area (Å²) in [5, 5.41) is 10.8. The molecule has 2 aromatic rings. The average molecular weight is 292 g/mol. The first-order chi connectivity index (χ1) is 10.0. The van der Waals surface area contributed by atoms with Gasteiger partial charge in [-0.1, -0.05) is 12.1 Å². The average Bonchev–Trinajstić information content (AvgIpc) is 2.49. The maximum absolute atomic E-state index is 13.9. The number of hydrogen-bond acceptors (Lipinski definition) is 5. The summed E-state index contributed by atoms with van der Waals surface area (Å²) in [6, 6.07) is 8.67. The minimum absolute atomic E-state index is 0.0741. The van der Waals surface area contributed by atoms with Crippen molar-refractivity contribution in [3.63, 3.8) is 0 Å². The highest BCUT2D eigenvalue weighted by Crippen LogP contribution is 2.35. The molecule has 2 N–H and O–H groups in total. The molecule has 2 rings (SSSR count). The molecule has 0 aliphatic carbocycles. The van der Waals surface area contributed by atoms with Gasteiger partial charge in [-0.15, -0.1) is 0 Å². The summed E-state index contributed by atoms with van der Waals surface area (Å²) in [7, 11) is 1.26. The van der Waals surface area contributed by atoms with Gasteiger partial charge in [-0.3, -0.25) is 10.1 Å². The highest BCUT2D eigenvalue weighted by atomic mass is 19.1. The molecule has 0 atom stereocenters. The fourth-order valence-electron chi connectivity index (χ4n) is 1.73. The number of halogens is 1. The summed E-state index contributed by atoms with van der Waals surface area (Å²) < 4.78 is 24.1. The second-order valence-electron chi connectivity index (χ2n) is 4.16. The fraction of sp³-hybridized carbons (Fsp3) is 0.143. The van der Waals surface area contributed by atoms with Crippen LogP contribution in [0.15, 0.2) is 36.4 Å². The van der Waals surface area contributed by atoms with Gasteiger partial charge in [-0.25, -0.2) is 4.39 Å². The SMILES string of the molecule is COc1cc(Oc2ccc(CN)cc2)c(F)cc1[N+](=O)[O-]. The van der Waals surface area contributed by atoms with E-state index < -0.39 is 16.4 Å². The summed E-state index contributed by atoms with van der Waals surface area (Å²) in [6.45, 7) is 0.389. The molecule has 0 unspecified atom stereocenters. The highest BCUT2D eigenvalue weighted by molar-refractivity contribution is 5.52. The third kappa shape index (κ3) is 3.26. The van der Waals surface area contributed by atoms with Crippen molar-refractivity contribution in [1.82, 2.24) is 0 Å². The monoisotopic (exact) mass is 292 g/mol. The molecule has 0 aliphatic rings. The molecule has 2 aromatic carbocycles. The van der Waals surface area contributed by atoms with Crippen LogP contribution in [-0.2, 0) is 6.54 Å². The number of rotatable bonds is 5. The van der Waals surface area contributed by atoms with E-state index >= 15 is 0 Å². The number of nitro groups is 1. The molecule has 0 radical (unpaired) electrons. The minimum atomic E-state index is -0.842. The van der Waals surface area contributed by atoms with Crippen molar-refractivity contribution < 1.29 is 18.8 Å². The Bertz CT molecular complexity index is 659. The van der Waals surface area contributed by atoms with E-state index in [1.807, 2.05) is 0 Å². The predicted octanol–water partition coefficient (Wildman–Crippen LogP) is 2.99. The zero-order valence-corrected chi connectivity index (χ0v) is 11.2. The van der Waals surface area contributed by atoms with E-state index in [0.29, 0.717) is 12.3 Å². The zero-order chi connectivity index (χ0) is 15.4. The smallest absolute Gasteiger partial charge is 0.314 e. The Kier molecular flexibility index (Phi) is 4.34. The largest absolute Gasteiger partial charge is 0.490 e. The summed E-state index contributed by atoms with van der Waals surface area (Å²) in [5.74, 6) is -0.680. The van der Waals surface area contributed by atoms with Gasteiger partial charge in [0.25, 0.3) is 0 Å². The van der Waals surface area contributed by atoms with Gasteiger partial charge in [0.15, 0.2) is 11.6 Å². The van der Waals surface area contributed by atoms with Gasteiger partial charge in [0.05, 0.1) is 18.1 Å².